The van der Waals surface area contributed by atoms with E-state index in [1.807, 2.05) is 26.0 Å². The maximum absolute atomic E-state index is 12.4. The lowest BCUT2D eigenvalue weighted by Gasteiger charge is -2.17. The average Bonchev–Trinajstić information content (AvgIpc) is 3.10. The summed E-state index contributed by atoms with van der Waals surface area (Å²) in [6, 6.07) is 10.0. The molecule has 0 radical (unpaired) electrons. The third-order valence-electron chi connectivity index (χ3n) is 5.16. The van der Waals surface area contributed by atoms with E-state index in [9.17, 15) is 24.5 Å². The first-order valence-electron chi connectivity index (χ1n) is 9.75. The molecule has 0 unspecified atom stereocenters. The fourth-order valence-electron chi connectivity index (χ4n) is 3.47. The number of hydrogen-bond acceptors (Lipinski definition) is 6. The van der Waals surface area contributed by atoms with Gasteiger partial charge in [0.1, 0.15) is 0 Å². The molecule has 31 heavy (non-hydrogen) atoms. The Morgan fingerprint density at radius 1 is 1.16 bits per heavy atom. The number of nitro benzene ring substituents is 1. The number of aryl methyl sites for hydroxylation is 3. The Kier molecular flexibility index (Phi) is 6.33. The molecular formula is C22H23N3O6. The second-order valence-electron chi connectivity index (χ2n) is 7.61. The molecule has 2 aromatic carbocycles. The van der Waals surface area contributed by atoms with Crippen molar-refractivity contribution in [2.45, 2.75) is 27.2 Å². The standard InChI is InChI=1S/C22H23N3O6/c1-13-4-7-18(15(3)8-13)23-20(26)12-31-22(28)16-9-21(27)24(11-16)17-6-5-14(2)19(10-17)25(29)30/h4-8,10,16H,9,11-12H2,1-3H3,(H,23,26)/t16-/m1/s1. The first-order chi connectivity index (χ1) is 14.7. The van der Waals surface area contributed by atoms with Gasteiger partial charge in [-0.3, -0.25) is 24.5 Å². The summed E-state index contributed by atoms with van der Waals surface area (Å²) in [7, 11) is 0. The number of nitrogens with zero attached hydrogens (tertiary/aromatic N) is 2. The Bertz CT molecular complexity index is 1070. The molecule has 2 amide bonds. The first-order valence-corrected chi connectivity index (χ1v) is 9.75. The second-order valence-corrected chi connectivity index (χ2v) is 7.61. The van der Waals surface area contributed by atoms with Crippen molar-refractivity contribution in [1.82, 2.24) is 0 Å². The fraction of sp³-hybridized carbons (Fsp3) is 0.318. The molecule has 0 spiro atoms. The molecule has 0 aromatic heterocycles. The van der Waals surface area contributed by atoms with E-state index in [0.717, 1.165) is 11.1 Å². The Balaban J connectivity index is 1.58. The van der Waals surface area contributed by atoms with Gasteiger partial charge in [-0.1, -0.05) is 23.8 Å². The lowest BCUT2D eigenvalue weighted by molar-refractivity contribution is -0.385. The van der Waals surface area contributed by atoms with Crippen LogP contribution in [-0.2, 0) is 19.1 Å². The maximum atomic E-state index is 12.4. The average molecular weight is 425 g/mol. The minimum absolute atomic E-state index is 0.0383. The van der Waals surface area contributed by atoms with Crippen LogP contribution in [0.1, 0.15) is 23.1 Å². The van der Waals surface area contributed by atoms with Crippen LogP contribution in [0.3, 0.4) is 0 Å². The Morgan fingerprint density at radius 2 is 1.90 bits per heavy atom. The van der Waals surface area contributed by atoms with Crippen molar-refractivity contribution < 1.29 is 24.0 Å². The molecule has 0 aliphatic carbocycles. The van der Waals surface area contributed by atoms with Crippen molar-refractivity contribution in [3.63, 3.8) is 0 Å². The van der Waals surface area contributed by atoms with Crippen LogP contribution in [0.5, 0.6) is 0 Å². The number of ether oxygens (including phenoxy) is 1. The van der Waals surface area contributed by atoms with Crippen molar-refractivity contribution >= 4 is 34.8 Å². The molecule has 1 fully saturated rings. The highest BCUT2D eigenvalue weighted by Crippen LogP contribution is 2.30. The van der Waals surface area contributed by atoms with E-state index in [1.165, 1.54) is 11.0 Å². The topological polar surface area (TPSA) is 119 Å². The molecule has 1 aliphatic heterocycles. The van der Waals surface area contributed by atoms with E-state index < -0.39 is 29.3 Å². The van der Waals surface area contributed by atoms with E-state index in [0.29, 0.717) is 16.9 Å². The third-order valence-corrected chi connectivity index (χ3v) is 5.16. The minimum atomic E-state index is -0.748. The Morgan fingerprint density at radius 3 is 2.58 bits per heavy atom. The first kappa shape index (κ1) is 21.9. The number of benzene rings is 2. The van der Waals surface area contributed by atoms with E-state index in [-0.39, 0.29) is 24.6 Å². The van der Waals surface area contributed by atoms with Crippen LogP contribution in [0, 0.1) is 36.8 Å². The molecule has 1 aliphatic rings. The van der Waals surface area contributed by atoms with Gasteiger partial charge in [0, 0.05) is 30.3 Å². The summed E-state index contributed by atoms with van der Waals surface area (Å²) in [4.78, 5) is 48.8. The number of rotatable bonds is 6. The van der Waals surface area contributed by atoms with Gasteiger partial charge in [-0.2, -0.15) is 0 Å². The summed E-state index contributed by atoms with van der Waals surface area (Å²) in [5, 5.41) is 13.8. The summed E-state index contributed by atoms with van der Waals surface area (Å²) < 4.78 is 5.10. The van der Waals surface area contributed by atoms with Gasteiger partial charge < -0.3 is 15.0 Å². The van der Waals surface area contributed by atoms with Gasteiger partial charge in [-0.05, 0) is 38.5 Å². The van der Waals surface area contributed by atoms with Gasteiger partial charge in [0.25, 0.3) is 11.6 Å². The number of anilines is 2. The van der Waals surface area contributed by atoms with Crippen molar-refractivity contribution in [2.75, 3.05) is 23.4 Å². The maximum Gasteiger partial charge on any atom is 0.311 e. The summed E-state index contributed by atoms with van der Waals surface area (Å²) in [6.07, 6.45) is -0.0841. The van der Waals surface area contributed by atoms with Crippen LogP contribution in [0.2, 0.25) is 0 Å². The second kappa shape index (κ2) is 8.95. The predicted octanol–water partition coefficient (Wildman–Crippen LogP) is 3.05. The fourth-order valence-corrected chi connectivity index (χ4v) is 3.47. The van der Waals surface area contributed by atoms with Crippen LogP contribution in [-0.4, -0.2) is 35.9 Å². The van der Waals surface area contributed by atoms with E-state index in [4.69, 9.17) is 4.74 Å². The van der Waals surface area contributed by atoms with Gasteiger partial charge in [0.15, 0.2) is 6.61 Å². The molecule has 3 rings (SSSR count). The highest BCUT2D eigenvalue weighted by atomic mass is 16.6. The molecule has 1 atom stereocenters. The smallest absolute Gasteiger partial charge is 0.311 e. The predicted molar refractivity (Wildman–Crippen MR) is 114 cm³/mol. The van der Waals surface area contributed by atoms with Crippen LogP contribution < -0.4 is 10.2 Å². The highest BCUT2D eigenvalue weighted by molar-refractivity contribution is 6.00. The molecule has 1 saturated heterocycles. The summed E-state index contributed by atoms with van der Waals surface area (Å²) in [5.74, 6) is -2.22. The zero-order chi connectivity index (χ0) is 22.7. The Labute approximate surface area is 179 Å². The van der Waals surface area contributed by atoms with E-state index >= 15 is 0 Å². The zero-order valence-corrected chi connectivity index (χ0v) is 17.5. The van der Waals surface area contributed by atoms with Crippen molar-refractivity contribution in [2.24, 2.45) is 5.92 Å². The Hall–Kier alpha value is -3.75. The molecule has 1 N–H and O–H groups in total. The lowest BCUT2D eigenvalue weighted by atomic mass is 10.1. The largest absolute Gasteiger partial charge is 0.455 e. The van der Waals surface area contributed by atoms with Crippen LogP contribution in [0.4, 0.5) is 17.1 Å². The van der Waals surface area contributed by atoms with Gasteiger partial charge in [-0.15, -0.1) is 0 Å². The number of hydrogen-bond donors (Lipinski definition) is 1. The molecule has 0 saturated carbocycles. The quantitative estimate of drug-likeness (QED) is 0.432. The molecule has 1 heterocycles. The molecule has 162 valence electrons. The number of carbonyl (C=O) groups is 3. The molecular weight excluding hydrogens is 402 g/mol. The van der Waals surface area contributed by atoms with Crippen LogP contribution >= 0.6 is 0 Å². The van der Waals surface area contributed by atoms with Crippen molar-refractivity contribution in [1.29, 1.82) is 0 Å². The molecule has 9 heteroatoms. The lowest BCUT2D eigenvalue weighted by Crippen LogP contribution is -2.28. The number of amides is 2. The number of nitrogens with one attached hydrogen (secondary N) is 1. The summed E-state index contributed by atoms with van der Waals surface area (Å²) in [6.45, 7) is 4.99. The zero-order valence-electron chi connectivity index (χ0n) is 17.5. The van der Waals surface area contributed by atoms with Gasteiger partial charge >= 0.3 is 5.97 Å². The van der Waals surface area contributed by atoms with Gasteiger partial charge in [0.2, 0.25) is 5.91 Å². The monoisotopic (exact) mass is 425 g/mol. The number of carbonyl (C=O) groups excluding carboxylic acids is 3. The third kappa shape index (κ3) is 5.06. The SMILES string of the molecule is Cc1ccc(NC(=O)COC(=O)[C@@H]2CC(=O)N(c3ccc(C)c([N+](=O)[O-])c3)C2)c(C)c1. The van der Waals surface area contributed by atoms with Crippen molar-refractivity contribution in [3.8, 4) is 0 Å². The van der Waals surface area contributed by atoms with Crippen LogP contribution in [0.15, 0.2) is 36.4 Å². The minimum Gasteiger partial charge on any atom is -0.455 e. The van der Waals surface area contributed by atoms with Crippen molar-refractivity contribution in [3.05, 3.63) is 63.2 Å². The number of nitro groups is 1. The normalized spacial score (nSPS) is 15.6. The molecule has 9 nitrogen and oxygen atoms in total. The van der Waals surface area contributed by atoms with E-state index in [1.54, 1.807) is 25.1 Å². The summed E-state index contributed by atoms with van der Waals surface area (Å²) >= 11 is 0. The number of esters is 1. The summed E-state index contributed by atoms with van der Waals surface area (Å²) in [5.41, 5.74) is 3.32. The van der Waals surface area contributed by atoms with Gasteiger partial charge in [0.05, 0.1) is 16.5 Å². The van der Waals surface area contributed by atoms with Crippen LogP contribution in [0.25, 0.3) is 0 Å². The van der Waals surface area contributed by atoms with Gasteiger partial charge in [-0.25, -0.2) is 0 Å². The molecule has 0 bridgehead atoms. The highest BCUT2D eigenvalue weighted by Gasteiger charge is 2.37. The van der Waals surface area contributed by atoms with E-state index in [2.05, 4.69) is 5.32 Å². The molecule has 2 aromatic rings.